The molecule has 1 saturated carbocycles. The number of amides is 2. The lowest BCUT2D eigenvalue weighted by Crippen LogP contribution is -2.47. The fourth-order valence-corrected chi connectivity index (χ4v) is 3.08. The molecule has 4 nitrogen and oxygen atoms in total. The minimum absolute atomic E-state index is 0.0348. The van der Waals surface area contributed by atoms with Crippen molar-refractivity contribution in [1.29, 1.82) is 0 Å². The van der Waals surface area contributed by atoms with Gasteiger partial charge in [-0.1, -0.05) is 26.2 Å². The Morgan fingerprint density at radius 3 is 2.72 bits per heavy atom. The van der Waals surface area contributed by atoms with Gasteiger partial charge in [0.15, 0.2) is 0 Å². The zero-order valence-corrected chi connectivity index (χ0v) is 11.5. The monoisotopic (exact) mass is 253 g/mol. The van der Waals surface area contributed by atoms with Crippen LogP contribution in [0.5, 0.6) is 0 Å². The average Bonchev–Trinajstić information content (AvgIpc) is 2.39. The quantitative estimate of drug-likeness (QED) is 0.719. The molecule has 0 bridgehead atoms. The van der Waals surface area contributed by atoms with Crippen molar-refractivity contribution in [2.24, 2.45) is 11.8 Å². The Morgan fingerprint density at radius 2 is 2.00 bits per heavy atom. The van der Waals surface area contributed by atoms with Crippen LogP contribution in [0.25, 0.3) is 0 Å². The Balaban J connectivity index is 1.64. The van der Waals surface area contributed by atoms with Crippen molar-refractivity contribution in [3.05, 3.63) is 0 Å². The van der Waals surface area contributed by atoms with Crippen LogP contribution in [0.3, 0.4) is 0 Å². The van der Waals surface area contributed by atoms with Gasteiger partial charge in [0.25, 0.3) is 0 Å². The molecule has 2 unspecified atom stereocenters. The highest BCUT2D eigenvalue weighted by atomic mass is 16.2. The van der Waals surface area contributed by atoms with Gasteiger partial charge in [0.1, 0.15) is 0 Å². The van der Waals surface area contributed by atoms with Gasteiger partial charge in [0.2, 0.25) is 0 Å². The van der Waals surface area contributed by atoms with E-state index in [1.54, 1.807) is 0 Å². The Labute approximate surface area is 110 Å². The van der Waals surface area contributed by atoms with Crippen molar-refractivity contribution >= 4 is 6.03 Å². The molecule has 2 amide bonds. The fourth-order valence-electron chi connectivity index (χ4n) is 3.08. The van der Waals surface area contributed by atoms with Gasteiger partial charge in [-0.3, -0.25) is 0 Å². The van der Waals surface area contributed by atoms with E-state index in [-0.39, 0.29) is 6.03 Å². The number of hydrogen-bond donors (Lipinski definition) is 3. The topological polar surface area (TPSA) is 53.2 Å². The third-order valence-electron chi connectivity index (χ3n) is 4.43. The van der Waals surface area contributed by atoms with E-state index in [1.165, 1.54) is 25.7 Å². The fraction of sp³-hybridized carbons (Fsp3) is 0.929. The second-order valence-corrected chi connectivity index (χ2v) is 5.92. The lowest BCUT2D eigenvalue weighted by atomic mass is 9.88. The molecule has 0 radical (unpaired) electrons. The van der Waals surface area contributed by atoms with Gasteiger partial charge in [0, 0.05) is 12.6 Å². The number of urea groups is 1. The van der Waals surface area contributed by atoms with Crippen LogP contribution < -0.4 is 16.0 Å². The van der Waals surface area contributed by atoms with Crippen molar-refractivity contribution in [3.63, 3.8) is 0 Å². The summed E-state index contributed by atoms with van der Waals surface area (Å²) in [4.78, 5) is 11.8. The van der Waals surface area contributed by atoms with Gasteiger partial charge < -0.3 is 16.0 Å². The summed E-state index contributed by atoms with van der Waals surface area (Å²) >= 11 is 0. The summed E-state index contributed by atoms with van der Waals surface area (Å²) in [7, 11) is 0. The molecule has 0 aromatic rings. The summed E-state index contributed by atoms with van der Waals surface area (Å²) in [5, 5.41) is 9.55. The molecule has 104 valence electrons. The Bertz CT molecular complexity index is 264. The Morgan fingerprint density at radius 1 is 1.22 bits per heavy atom. The van der Waals surface area contributed by atoms with Crippen LogP contribution in [0.4, 0.5) is 4.79 Å². The maximum Gasteiger partial charge on any atom is 0.315 e. The van der Waals surface area contributed by atoms with Crippen LogP contribution in [0, 0.1) is 11.8 Å². The molecule has 0 aromatic carbocycles. The molecular weight excluding hydrogens is 226 g/mol. The molecule has 1 heterocycles. The summed E-state index contributed by atoms with van der Waals surface area (Å²) in [5.74, 6) is 1.29. The minimum atomic E-state index is 0.0348. The predicted molar refractivity (Wildman–Crippen MR) is 73.5 cm³/mol. The summed E-state index contributed by atoms with van der Waals surface area (Å²) < 4.78 is 0. The summed E-state index contributed by atoms with van der Waals surface area (Å²) in [6, 6.07) is 0.442. The number of carbonyl (C=O) groups is 1. The van der Waals surface area contributed by atoms with Crippen LogP contribution in [0.2, 0.25) is 0 Å². The zero-order valence-electron chi connectivity index (χ0n) is 11.5. The van der Waals surface area contributed by atoms with E-state index in [0.717, 1.165) is 32.5 Å². The summed E-state index contributed by atoms with van der Waals surface area (Å²) in [6.07, 6.45) is 7.32. The molecule has 0 aromatic heterocycles. The van der Waals surface area contributed by atoms with E-state index in [0.29, 0.717) is 17.9 Å². The van der Waals surface area contributed by atoms with Crippen LogP contribution in [0.15, 0.2) is 0 Å². The van der Waals surface area contributed by atoms with Crippen molar-refractivity contribution < 1.29 is 4.79 Å². The van der Waals surface area contributed by atoms with E-state index in [1.807, 2.05) is 0 Å². The second kappa shape index (κ2) is 6.98. The van der Waals surface area contributed by atoms with E-state index in [4.69, 9.17) is 0 Å². The van der Waals surface area contributed by atoms with Gasteiger partial charge in [-0.15, -0.1) is 0 Å². The molecule has 2 fully saturated rings. The van der Waals surface area contributed by atoms with E-state index in [9.17, 15) is 4.79 Å². The number of rotatable bonds is 3. The third-order valence-corrected chi connectivity index (χ3v) is 4.43. The molecule has 4 heteroatoms. The highest BCUT2D eigenvalue weighted by Gasteiger charge is 2.22. The lowest BCUT2D eigenvalue weighted by molar-refractivity contribution is 0.221. The Hall–Kier alpha value is -0.770. The molecule has 2 atom stereocenters. The van der Waals surface area contributed by atoms with Gasteiger partial charge in [-0.2, -0.15) is 0 Å². The van der Waals surface area contributed by atoms with Gasteiger partial charge in [-0.05, 0) is 44.2 Å². The van der Waals surface area contributed by atoms with E-state index >= 15 is 0 Å². The minimum Gasteiger partial charge on any atom is -0.338 e. The zero-order chi connectivity index (χ0) is 12.8. The number of piperidine rings is 1. The SMILES string of the molecule is CC1CNCCC1CNC(=O)NC1CCCCC1. The maximum atomic E-state index is 11.8. The number of carbonyl (C=O) groups excluding carboxylic acids is 1. The molecular formula is C14H27N3O. The van der Waals surface area contributed by atoms with Gasteiger partial charge >= 0.3 is 6.03 Å². The second-order valence-electron chi connectivity index (χ2n) is 5.92. The maximum absolute atomic E-state index is 11.8. The third kappa shape index (κ3) is 4.16. The van der Waals surface area contributed by atoms with Crippen LogP contribution in [-0.2, 0) is 0 Å². The van der Waals surface area contributed by atoms with Crippen molar-refractivity contribution in [1.82, 2.24) is 16.0 Å². The molecule has 1 saturated heterocycles. The first-order chi connectivity index (χ1) is 8.75. The first kappa shape index (κ1) is 13.7. The van der Waals surface area contributed by atoms with E-state index in [2.05, 4.69) is 22.9 Å². The predicted octanol–water partition coefficient (Wildman–Crippen LogP) is 1.86. The molecule has 3 N–H and O–H groups in total. The normalized spacial score (nSPS) is 29.8. The first-order valence-electron chi connectivity index (χ1n) is 7.51. The summed E-state index contributed by atoms with van der Waals surface area (Å²) in [5.41, 5.74) is 0. The molecule has 1 aliphatic carbocycles. The number of nitrogens with one attached hydrogen (secondary N) is 3. The number of hydrogen-bond acceptors (Lipinski definition) is 2. The highest BCUT2D eigenvalue weighted by Crippen LogP contribution is 2.18. The highest BCUT2D eigenvalue weighted by molar-refractivity contribution is 5.74. The molecule has 2 rings (SSSR count). The molecule has 1 aliphatic heterocycles. The van der Waals surface area contributed by atoms with E-state index < -0.39 is 0 Å². The van der Waals surface area contributed by atoms with Gasteiger partial charge in [-0.25, -0.2) is 4.79 Å². The van der Waals surface area contributed by atoms with Gasteiger partial charge in [0.05, 0.1) is 0 Å². The van der Waals surface area contributed by atoms with Crippen molar-refractivity contribution in [2.45, 2.75) is 51.5 Å². The largest absolute Gasteiger partial charge is 0.338 e. The molecule has 0 spiro atoms. The lowest BCUT2D eigenvalue weighted by Gasteiger charge is -2.30. The molecule has 18 heavy (non-hydrogen) atoms. The smallest absolute Gasteiger partial charge is 0.315 e. The van der Waals surface area contributed by atoms with Crippen molar-refractivity contribution in [3.8, 4) is 0 Å². The van der Waals surface area contributed by atoms with Crippen LogP contribution >= 0.6 is 0 Å². The van der Waals surface area contributed by atoms with Crippen LogP contribution in [-0.4, -0.2) is 31.7 Å². The van der Waals surface area contributed by atoms with Crippen LogP contribution in [0.1, 0.15) is 45.4 Å². The Kier molecular flexibility index (Phi) is 5.29. The standard InChI is InChI=1S/C14H27N3O/c1-11-9-15-8-7-12(11)10-16-14(18)17-13-5-3-2-4-6-13/h11-13,15H,2-10H2,1H3,(H2,16,17,18). The van der Waals surface area contributed by atoms with Crippen molar-refractivity contribution in [2.75, 3.05) is 19.6 Å². The summed E-state index contributed by atoms with van der Waals surface area (Å²) in [6.45, 7) is 5.25. The average molecular weight is 253 g/mol. The molecule has 2 aliphatic rings. The first-order valence-corrected chi connectivity index (χ1v) is 7.51.